The number of hydrogen-bond acceptors (Lipinski definition) is 6. The number of benzene rings is 4. The molecule has 1 aliphatic rings. The van der Waals surface area contributed by atoms with E-state index >= 15 is 0 Å². The van der Waals surface area contributed by atoms with Crippen LogP contribution in [0.4, 0.5) is 0 Å². The molecule has 2 N–H and O–H groups in total. The van der Waals surface area contributed by atoms with Gasteiger partial charge in [0.2, 0.25) is 0 Å². The Morgan fingerprint density at radius 2 is 1.60 bits per heavy atom. The number of nitrogens with zero attached hydrogens (tertiary/aromatic N) is 2. The highest BCUT2D eigenvalue weighted by Gasteiger charge is 2.25. The van der Waals surface area contributed by atoms with E-state index < -0.39 is 0 Å². The number of phenols is 1. The fourth-order valence-electron chi connectivity index (χ4n) is 5.97. The maximum atomic E-state index is 13.4. The molecule has 230 valence electrons. The molecule has 5 aromatic rings. The Kier molecular flexibility index (Phi) is 10.00. The van der Waals surface area contributed by atoms with Gasteiger partial charge in [-0.25, -0.2) is 0 Å². The van der Waals surface area contributed by atoms with Crippen molar-refractivity contribution in [2.24, 2.45) is 0 Å². The molecule has 2 heterocycles. The third-order valence-electron chi connectivity index (χ3n) is 8.32. The standard InChI is InChI=1S/C38H39N3O4/c42-34-25-31-16-7-8-17-33(31)37(44-27-28-11-9-20-39-26-28)35(34)38(43)40-21-10-22-41-23-18-32(19-24-41)45-36(29-12-3-1-4-13-29)30-14-5-2-6-15-30/h1-9,11-17,20,25-26,32,36,42H,10,18-19,21-24,27H2,(H,40,43). The topological polar surface area (TPSA) is 83.9 Å². The van der Waals surface area contributed by atoms with Crippen LogP contribution in [-0.2, 0) is 11.3 Å². The lowest BCUT2D eigenvalue weighted by molar-refractivity contribution is -0.0269. The van der Waals surface area contributed by atoms with Gasteiger partial charge in [0.25, 0.3) is 5.91 Å². The molecule has 0 spiro atoms. The largest absolute Gasteiger partial charge is 0.507 e. The van der Waals surface area contributed by atoms with Crippen LogP contribution in [0.5, 0.6) is 11.5 Å². The monoisotopic (exact) mass is 601 g/mol. The van der Waals surface area contributed by atoms with E-state index in [0.29, 0.717) is 12.3 Å². The molecule has 4 aromatic carbocycles. The molecule has 45 heavy (non-hydrogen) atoms. The van der Waals surface area contributed by atoms with E-state index in [9.17, 15) is 9.90 Å². The number of aromatic hydroxyl groups is 1. The molecule has 0 bridgehead atoms. The number of piperidine rings is 1. The fraction of sp³-hybridized carbons (Fsp3) is 0.263. The van der Waals surface area contributed by atoms with Gasteiger partial charge in [-0.3, -0.25) is 9.78 Å². The fourth-order valence-corrected chi connectivity index (χ4v) is 5.97. The van der Waals surface area contributed by atoms with Gasteiger partial charge in [0.15, 0.2) is 0 Å². The van der Waals surface area contributed by atoms with Crippen molar-refractivity contribution in [3.63, 3.8) is 0 Å². The number of phenolic OH excluding ortho intramolecular Hbond substituents is 1. The summed E-state index contributed by atoms with van der Waals surface area (Å²) in [6, 6.07) is 33.8. The number of ether oxygens (including phenoxy) is 2. The van der Waals surface area contributed by atoms with Crippen molar-refractivity contribution in [1.29, 1.82) is 0 Å². The minimum Gasteiger partial charge on any atom is -0.507 e. The molecule has 6 rings (SSSR count). The van der Waals surface area contributed by atoms with E-state index in [1.54, 1.807) is 18.5 Å². The summed E-state index contributed by atoms with van der Waals surface area (Å²) in [7, 11) is 0. The van der Waals surface area contributed by atoms with E-state index in [0.717, 1.165) is 55.2 Å². The number of aromatic nitrogens is 1. The lowest BCUT2D eigenvalue weighted by Crippen LogP contribution is -2.39. The van der Waals surface area contributed by atoms with Crippen LogP contribution in [-0.4, -0.2) is 53.2 Å². The predicted octanol–water partition coefficient (Wildman–Crippen LogP) is 6.91. The molecule has 0 aliphatic carbocycles. The van der Waals surface area contributed by atoms with Crippen LogP contribution in [0.1, 0.15) is 52.4 Å². The first-order chi connectivity index (χ1) is 22.2. The number of carbonyl (C=O) groups excluding carboxylic acids is 1. The van der Waals surface area contributed by atoms with Gasteiger partial charge in [0, 0.05) is 43.0 Å². The second-order valence-corrected chi connectivity index (χ2v) is 11.5. The second kappa shape index (κ2) is 14.8. The zero-order valence-corrected chi connectivity index (χ0v) is 25.3. The molecule has 1 saturated heterocycles. The zero-order chi connectivity index (χ0) is 30.8. The SMILES string of the molecule is O=C(NCCCN1CCC(OC(c2ccccc2)c2ccccc2)CC1)c1c(O)cc2ccccc2c1OCc1cccnc1. The van der Waals surface area contributed by atoms with Crippen LogP contribution >= 0.6 is 0 Å². The number of amides is 1. The highest BCUT2D eigenvalue weighted by Crippen LogP contribution is 2.37. The van der Waals surface area contributed by atoms with Crippen molar-refractivity contribution >= 4 is 16.7 Å². The van der Waals surface area contributed by atoms with Gasteiger partial charge in [-0.05, 0) is 54.5 Å². The summed E-state index contributed by atoms with van der Waals surface area (Å²) in [5.74, 6) is -0.0727. The third kappa shape index (κ3) is 7.69. The average molecular weight is 602 g/mol. The van der Waals surface area contributed by atoms with Crippen LogP contribution in [0, 0.1) is 0 Å². The minimum atomic E-state index is -0.348. The van der Waals surface area contributed by atoms with Gasteiger partial charge in [0.05, 0.1) is 6.10 Å². The maximum Gasteiger partial charge on any atom is 0.258 e. The Hall–Kier alpha value is -4.72. The molecular weight excluding hydrogens is 562 g/mol. The van der Waals surface area contributed by atoms with Crippen molar-refractivity contribution < 1.29 is 19.4 Å². The summed E-state index contributed by atoms with van der Waals surface area (Å²) in [6.45, 7) is 3.51. The molecule has 1 aliphatic heterocycles. The summed E-state index contributed by atoms with van der Waals surface area (Å²) >= 11 is 0. The van der Waals surface area contributed by atoms with Gasteiger partial charge in [0.1, 0.15) is 29.8 Å². The van der Waals surface area contributed by atoms with E-state index in [1.165, 1.54) is 11.1 Å². The quantitative estimate of drug-likeness (QED) is 0.151. The smallest absolute Gasteiger partial charge is 0.258 e. The van der Waals surface area contributed by atoms with Crippen LogP contribution in [0.3, 0.4) is 0 Å². The molecule has 1 aromatic heterocycles. The first-order valence-electron chi connectivity index (χ1n) is 15.7. The van der Waals surface area contributed by atoms with Crippen molar-refractivity contribution in [2.75, 3.05) is 26.2 Å². The molecule has 7 nitrogen and oxygen atoms in total. The van der Waals surface area contributed by atoms with Crippen LogP contribution in [0.25, 0.3) is 10.8 Å². The summed E-state index contributed by atoms with van der Waals surface area (Å²) in [6.07, 6.45) is 6.26. The zero-order valence-electron chi connectivity index (χ0n) is 25.3. The molecule has 0 atom stereocenters. The predicted molar refractivity (Wildman–Crippen MR) is 176 cm³/mol. The Morgan fingerprint density at radius 1 is 0.911 bits per heavy atom. The van der Waals surface area contributed by atoms with Crippen LogP contribution in [0.2, 0.25) is 0 Å². The molecule has 0 radical (unpaired) electrons. The average Bonchev–Trinajstić information content (AvgIpc) is 3.09. The Bertz CT molecular complexity index is 1630. The van der Waals surface area contributed by atoms with Crippen molar-refractivity contribution in [2.45, 2.75) is 38.1 Å². The van der Waals surface area contributed by atoms with Crippen molar-refractivity contribution in [1.82, 2.24) is 15.2 Å². The van der Waals surface area contributed by atoms with E-state index in [4.69, 9.17) is 9.47 Å². The molecule has 7 heteroatoms. The molecule has 1 amide bonds. The third-order valence-corrected chi connectivity index (χ3v) is 8.32. The van der Waals surface area contributed by atoms with Gasteiger partial charge in [-0.1, -0.05) is 91.0 Å². The second-order valence-electron chi connectivity index (χ2n) is 11.5. The Labute approximate surface area is 264 Å². The number of pyridine rings is 1. The molecule has 0 unspecified atom stereocenters. The Morgan fingerprint density at radius 3 is 2.29 bits per heavy atom. The van der Waals surface area contributed by atoms with E-state index in [2.05, 4.69) is 63.7 Å². The summed E-state index contributed by atoms with van der Waals surface area (Å²) in [5.41, 5.74) is 3.37. The minimum absolute atomic E-state index is 0.0797. The number of rotatable bonds is 12. The van der Waals surface area contributed by atoms with Gasteiger partial charge < -0.3 is 24.8 Å². The van der Waals surface area contributed by atoms with Gasteiger partial charge in [-0.2, -0.15) is 0 Å². The van der Waals surface area contributed by atoms with Crippen molar-refractivity contribution in [3.05, 3.63) is 138 Å². The van der Waals surface area contributed by atoms with Gasteiger partial charge >= 0.3 is 0 Å². The van der Waals surface area contributed by atoms with Crippen molar-refractivity contribution in [3.8, 4) is 11.5 Å². The first kappa shape index (κ1) is 30.3. The first-order valence-corrected chi connectivity index (χ1v) is 15.7. The number of nitrogens with one attached hydrogen (secondary N) is 1. The lowest BCUT2D eigenvalue weighted by atomic mass is 10.00. The highest BCUT2D eigenvalue weighted by molar-refractivity contribution is 6.06. The summed E-state index contributed by atoms with van der Waals surface area (Å²) in [4.78, 5) is 20.0. The highest BCUT2D eigenvalue weighted by atomic mass is 16.5. The molecular formula is C38H39N3O4. The normalized spacial score (nSPS) is 14.1. The number of likely N-dealkylation sites (tertiary alicyclic amines) is 1. The summed E-state index contributed by atoms with van der Waals surface area (Å²) < 4.78 is 12.8. The Balaban J connectivity index is 1.02. The maximum absolute atomic E-state index is 13.4. The van der Waals surface area contributed by atoms with E-state index in [-0.39, 0.29) is 36.0 Å². The number of fused-ring (bicyclic) bond motifs is 1. The molecule has 1 fully saturated rings. The number of hydrogen-bond donors (Lipinski definition) is 2. The van der Waals surface area contributed by atoms with Crippen LogP contribution in [0.15, 0.2) is 116 Å². The van der Waals surface area contributed by atoms with Crippen LogP contribution < -0.4 is 10.1 Å². The number of carbonyl (C=O) groups is 1. The van der Waals surface area contributed by atoms with E-state index in [1.807, 2.05) is 48.5 Å². The lowest BCUT2D eigenvalue weighted by Gasteiger charge is -2.34. The molecule has 0 saturated carbocycles. The summed E-state index contributed by atoms with van der Waals surface area (Å²) in [5, 5.41) is 15.5. The van der Waals surface area contributed by atoms with Gasteiger partial charge in [-0.15, -0.1) is 0 Å².